The highest BCUT2D eigenvalue weighted by atomic mass is 16.3. The van der Waals surface area contributed by atoms with Gasteiger partial charge >= 0.3 is 0 Å². The van der Waals surface area contributed by atoms with Gasteiger partial charge in [0.25, 0.3) is 0 Å². The van der Waals surface area contributed by atoms with Crippen LogP contribution in [-0.4, -0.2) is 17.7 Å². The number of allylic oxidation sites excluding steroid dienone is 1. The molecule has 0 unspecified atom stereocenters. The zero-order valence-corrected chi connectivity index (χ0v) is 9.70. The second-order valence-electron chi connectivity index (χ2n) is 4.74. The van der Waals surface area contributed by atoms with Gasteiger partial charge in [-0.3, -0.25) is 0 Å². The smallest absolute Gasteiger partial charge is 0.117 e. The second kappa shape index (κ2) is 3.02. The Hall–Kier alpha value is -1.44. The van der Waals surface area contributed by atoms with Crippen LogP contribution in [0.1, 0.15) is 26.3 Å². The lowest BCUT2D eigenvalue weighted by Crippen LogP contribution is -2.41. The second-order valence-corrected chi connectivity index (χ2v) is 4.74. The topological polar surface area (TPSA) is 23.5 Å². The molecule has 0 fully saturated rings. The van der Waals surface area contributed by atoms with Gasteiger partial charge in [-0.15, -0.1) is 0 Å². The summed E-state index contributed by atoms with van der Waals surface area (Å²) in [6.45, 7) is 6.46. The number of hydrogen-bond donors (Lipinski definition) is 1. The molecule has 0 radical (unpaired) electrons. The zero-order chi connectivity index (χ0) is 11.2. The highest BCUT2D eigenvalue weighted by Gasteiger charge is 2.28. The van der Waals surface area contributed by atoms with E-state index < -0.39 is 0 Å². The maximum atomic E-state index is 9.52. The molecule has 2 nitrogen and oxygen atoms in total. The zero-order valence-electron chi connectivity index (χ0n) is 9.70. The summed E-state index contributed by atoms with van der Waals surface area (Å²) in [5.74, 6) is 0.325. The Labute approximate surface area is 90.8 Å². The molecule has 1 heterocycles. The molecule has 0 aliphatic carbocycles. The summed E-state index contributed by atoms with van der Waals surface area (Å²) in [6, 6.07) is 5.54. The van der Waals surface area contributed by atoms with Gasteiger partial charge in [0.2, 0.25) is 0 Å². The van der Waals surface area contributed by atoms with Crippen molar-refractivity contribution < 1.29 is 5.11 Å². The molecular formula is C13H17NO. The third kappa shape index (κ3) is 1.50. The fraction of sp³-hybridized carbons (Fsp3) is 0.385. The molecule has 0 saturated carbocycles. The van der Waals surface area contributed by atoms with Crippen molar-refractivity contribution in [2.45, 2.75) is 26.3 Å². The summed E-state index contributed by atoms with van der Waals surface area (Å²) in [5, 5.41) is 9.52. The molecule has 1 N–H and O–H groups in total. The van der Waals surface area contributed by atoms with E-state index >= 15 is 0 Å². The SMILES string of the molecule is CC1=CC(C)(C)N(C)c2cc(O)ccc21. The molecule has 1 aliphatic rings. The fourth-order valence-corrected chi connectivity index (χ4v) is 2.15. The van der Waals surface area contributed by atoms with Gasteiger partial charge in [0, 0.05) is 24.4 Å². The van der Waals surface area contributed by atoms with E-state index in [0.29, 0.717) is 5.75 Å². The molecular weight excluding hydrogens is 186 g/mol. The number of benzene rings is 1. The van der Waals surface area contributed by atoms with E-state index in [1.54, 1.807) is 6.07 Å². The van der Waals surface area contributed by atoms with Crippen molar-refractivity contribution in [2.75, 3.05) is 11.9 Å². The van der Waals surface area contributed by atoms with Crippen LogP contribution in [-0.2, 0) is 0 Å². The van der Waals surface area contributed by atoms with Crippen molar-refractivity contribution in [1.82, 2.24) is 0 Å². The largest absolute Gasteiger partial charge is 0.508 e. The summed E-state index contributed by atoms with van der Waals surface area (Å²) in [5.41, 5.74) is 3.58. The summed E-state index contributed by atoms with van der Waals surface area (Å²) >= 11 is 0. The number of likely N-dealkylation sites (N-methyl/N-ethyl adjacent to an activating group) is 1. The van der Waals surface area contributed by atoms with Crippen LogP contribution in [0.2, 0.25) is 0 Å². The Bertz CT molecular complexity index is 432. The number of anilines is 1. The molecule has 1 aromatic carbocycles. The highest BCUT2D eigenvalue weighted by Crippen LogP contribution is 2.39. The maximum Gasteiger partial charge on any atom is 0.117 e. The van der Waals surface area contributed by atoms with Gasteiger partial charge in [-0.25, -0.2) is 0 Å². The van der Waals surface area contributed by atoms with E-state index in [1.165, 1.54) is 11.1 Å². The van der Waals surface area contributed by atoms with Crippen molar-refractivity contribution in [3.8, 4) is 5.75 Å². The molecule has 0 atom stereocenters. The molecule has 2 rings (SSSR count). The average Bonchev–Trinajstić information content (AvgIpc) is 2.13. The Balaban J connectivity index is 2.65. The van der Waals surface area contributed by atoms with Crippen molar-refractivity contribution in [2.24, 2.45) is 0 Å². The van der Waals surface area contributed by atoms with Gasteiger partial charge in [-0.1, -0.05) is 6.08 Å². The Kier molecular flexibility index (Phi) is 2.03. The standard InChI is InChI=1S/C13H17NO/c1-9-8-13(2,3)14(4)12-7-10(15)5-6-11(9)12/h5-8,15H,1-4H3. The maximum absolute atomic E-state index is 9.52. The molecule has 0 aromatic heterocycles. The molecule has 0 bridgehead atoms. The van der Waals surface area contributed by atoms with E-state index in [9.17, 15) is 5.11 Å². The van der Waals surface area contributed by atoms with E-state index in [0.717, 1.165) is 5.69 Å². The predicted molar refractivity (Wildman–Crippen MR) is 64.2 cm³/mol. The van der Waals surface area contributed by atoms with Crippen LogP contribution >= 0.6 is 0 Å². The molecule has 80 valence electrons. The normalized spacial score (nSPS) is 18.4. The molecule has 0 amide bonds. The Morgan fingerprint density at radius 1 is 1.27 bits per heavy atom. The third-order valence-electron chi connectivity index (χ3n) is 3.20. The van der Waals surface area contributed by atoms with E-state index in [2.05, 4.69) is 38.8 Å². The summed E-state index contributed by atoms with van der Waals surface area (Å²) in [7, 11) is 2.06. The minimum atomic E-state index is 0.00484. The van der Waals surface area contributed by atoms with E-state index in [1.807, 2.05) is 12.1 Å². The first-order valence-corrected chi connectivity index (χ1v) is 5.18. The van der Waals surface area contributed by atoms with Crippen molar-refractivity contribution >= 4 is 11.3 Å². The van der Waals surface area contributed by atoms with Crippen molar-refractivity contribution in [1.29, 1.82) is 0 Å². The lowest BCUT2D eigenvalue weighted by atomic mass is 9.89. The first kappa shape index (κ1) is 10.1. The van der Waals surface area contributed by atoms with Gasteiger partial charge in [0.1, 0.15) is 5.75 Å². The van der Waals surface area contributed by atoms with Gasteiger partial charge in [0.05, 0.1) is 5.54 Å². The first-order chi connectivity index (χ1) is 6.92. The fourth-order valence-electron chi connectivity index (χ4n) is 2.15. The molecule has 15 heavy (non-hydrogen) atoms. The van der Waals surface area contributed by atoms with Crippen LogP contribution < -0.4 is 4.90 Å². The molecule has 2 heteroatoms. The number of rotatable bonds is 0. The molecule has 1 aromatic rings. The van der Waals surface area contributed by atoms with Crippen LogP contribution in [0.4, 0.5) is 5.69 Å². The average molecular weight is 203 g/mol. The van der Waals surface area contributed by atoms with Gasteiger partial charge in [0.15, 0.2) is 0 Å². The first-order valence-electron chi connectivity index (χ1n) is 5.18. The van der Waals surface area contributed by atoms with Gasteiger partial charge in [-0.05, 0) is 38.5 Å². The molecule has 0 saturated heterocycles. The van der Waals surface area contributed by atoms with Crippen LogP contribution in [0.5, 0.6) is 5.75 Å². The van der Waals surface area contributed by atoms with Gasteiger partial charge < -0.3 is 10.0 Å². The van der Waals surface area contributed by atoms with E-state index in [4.69, 9.17) is 0 Å². The minimum absolute atomic E-state index is 0.00484. The number of phenolic OH excluding ortho intramolecular Hbond substituents is 1. The number of hydrogen-bond acceptors (Lipinski definition) is 2. The minimum Gasteiger partial charge on any atom is -0.508 e. The molecule has 1 aliphatic heterocycles. The van der Waals surface area contributed by atoms with Gasteiger partial charge in [-0.2, -0.15) is 0 Å². The van der Waals surface area contributed by atoms with Crippen LogP contribution in [0, 0.1) is 0 Å². The Morgan fingerprint density at radius 2 is 1.93 bits per heavy atom. The monoisotopic (exact) mass is 203 g/mol. The predicted octanol–water partition coefficient (Wildman–Crippen LogP) is 3.02. The van der Waals surface area contributed by atoms with Crippen molar-refractivity contribution in [3.63, 3.8) is 0 Å². The van der Waals surface area contributed by atoms with E-state index in [-0.39, 0.29) is 5.54 Å². The van der Waals surface area contributed by atoms with Crippen molar-refractivity contribution in [3.05, 3.63) is 29.8 Å². The molecule has 0 spiro atoms. The number of phenols is 1. The lowest BCUT2D eigenvalue weighted by molar-refractivity contribution is 0.474. The summed E-state index contributed by atoms with van der Waals surface area (Å²) in [6.07, 6.45) is 2.26. The quantitative estimate of drug-likeness (QED) is 0.700. The summed E-state index contributed by atoms with van der Waals surface area (Å²) < 4.78 is 0. The van der Waals surface area contributed by atoms with Crippen LogP contribution in [0.15, 0.2) is 24.3 Å². The lowest BCUT2D eigenvalue weighted by Gasteiger charge is -2.40. The number of fused-ring (bicyclic) bond motifs is 1. The number of aromatic hydroxyl groups is 1. The highest BCUT2D eigenvalue weighted by molar-refractivity contribution is 5.81. The Morgan fingerprint density at radius 3 is 2.60 bits per heavy atom. The third-order valence-corrected chi connectivity index (χ3v) is 3.20. The van der Waals surface area contributed by atoms with Crippen LogP contribution in [0.3, 0.4) is 0 Å². The number of nitrogens with zero attached hydrogens (tertiary/aromatic N) is 1. The van der Waals surface area contributed by atoms with Crippen LogP contribution in [0.25, 0.3) is 5.57 Å². The summed E-state index contributed by atoms with van der Waals surface area (Å²) in [4.78, 5) is 2.19.